The number of halogens is 1. The number of aliphatic hydroxyl groups is 2. The van der Waals surface area contributed by atoms with Crippen molar-refractivity contribution < 1.29 is 29.6 Å². The van der Waals surface area contributed by atoms with Gasteiger partial charge >= 0.3 is 0 Å². The Morgan fingerprint density at radius 3 is 1.80 bits per heavy atom. The van der Waals surface area contributed by atoms with Gasteiger partial charge < -0.3 is 50.2 Å². The topological polar surface area (TPSA) is 162 Å². The van der Waals surface area contributed by atoms with Gasteiger partial charge in [-0.05, 0) is 112 Å². The maximum Gasteiger partial charge on any atom is 0.138 e. The van der Waals surface area contributed by atoms with E-state index in [4.69, 9.17) is 4.74 Å². The number of aromatic nitrogens is 4. The Bertz CT molecular complexity index is 2480. The zero-order valence-electron chi connectivity index (χ0n) is 35.5. The van der Waals surface area contributed by atoms with Crippen LogP contribution in [0.3, 0.4) is 0 Å². The van der Waals surface area contributed by atoms with Crippen LogP contribution in [-0.4, -0.2) is 70.8 Å². The number of hydrogen-bond acceptors (Lipinski definition) is 10. The van der Waals surface area contributed by atoms with E-state index in [1.54, 1.807) is 25.3 Å². The van der Waals surface area contributed by atoms with Crippen molar-refractivity contribution in [3.8, 4) is 17.2 Å². The highest BCUT2D eigenvalue weighted by Gasteiger charge is 2.22. The summed E-state index contributed by atoms with van der Waals surface area (Å²) in [5, 5.41) is 50.7. The van der Waals surface area contributed by atoms with Crippen LogP contribution in [0.15, 0.2) is 122 Å². The third kappa shape index (κ3) is 12.3. The number of hydrogen-bond donors (Lipinski definition) is 7. The maximum atomic E-state index is 13.8. The van der Waals surface area contributed by atoms with E-state index in [-0.39, 0.29) is 34.7 Å². The molecule has 0 radical (unpaired) electrons. The van der Waals surface area contributed by atoms with Crippen LogP contribution in [0.1, 0.15) is 69.4 Å². The van der Waals surface area contributed by atoms with Crippen molar-refractivity contribution in [2.45, 2.75) is 83.5 Å². The van der Waals surface area contributed by atoms with E-state index in [1.807, 2.05) is 93.2 Å². The average Bonchev–Trinajstić information content (AvgIpc) is 3.88. The summed E-state index contributed by atoms with van der Waals surface area (Å²) in [6.07, 6.45) is 3.73. The van der Waals surface area contributed by atoms with Crippen molar-refractivity contribution in [2.75, 3.05) is 25.5 Å². The molecule has 61 heavy (non-hydrogen) atoms. The van der Waals surface area contributed by atoms with Crippen LogP contribution in [0, 0.1) is 5.82 Å². The van der Waals surface area contributed by atoms with Gasteiger partial charge in [-0.1, -0.05) is 42.5 Å². The first-order valence-corrected chi connectivity index (χ1v) is 20.5. The van der Waals surface area contributed by atoms with E-state index >= 15 is 0 Å². The summed E-state index contributed by atoms with van der Waals surface area (Å²) in [7, 11) is 1.64. The number of benzene rings is 5. The molecule has 12 nitrogen and oxygen atoms in total. The molecule has 0 bridgehead atoms. The number of imidazole rings is 2. The van der Waals surface area contributed by atoms with Gasteiger partial charge in [0.2, 0.25) is 0 Å². The van der Waals surface area contributed by atoms with E-state index in [0.717, 1.165) is 70.9 Å². The fourth-order valence-electron chi connectivity index (χ4n) is 6.96. The molecule has 5 aromatic carbocycles. The summed E-state index contributed by atoms with van der Waals surface area (Å²) < 4.78 is 23.3. The predicted molar refractivity (Wildman–Crippen MR) is 239 cm³/mol. The molecule has 0 fully saturated rings. The Morgan fingerprint density at radius 1 is 0.689 bits per heavy atom. The number of methoxy groups -OCH3 is 1. The van der Waals surface area contributed by atoms with E-state index in [0.29, 0.717) is 18.8 Å². The Morgan fingerprint density at radius 2 is 1.25 bits per heavy atom. The largest absolute Gasteiger partial charge is 0.508 e. The minimum absolute atomic E-state index is 0.148. The molecular formula is C48H58FN7O5. The summed E-state index contributed by atoms with van der Waals surface area (Å²) in [4.78, 5) is 8.85. The molecule has 0 aliphatic carbocycles. The molecular weight excluding hydrogens is 774 g/mol. The number of anilines is 1. The van der Waals surface area contributed by atoms with E-state index in [2.05, 4.69) is 55.0 Å². The van der Waals surface area contributed by atoms with E-state index in [1.165, 1.54) is 12.1 Å². The molecule has 2 unspecified atom stereocenters. The zero-order chi connectivity index (χ0) is 43.6. The van der Waals surface area contributed by atoms with Gasteiger partial charge in [-0.2, -0.15) is 0 Å². The fourth-order valence-corrected chi connectivity index (χ4v) is 6.96. The molecule has 7 aromatic rings. The second kappa shape index (κ2) is 20.0. The molecule has 13 heteroatoms. The second-order valence-corrected chi connectivity index (χ2v) is 16.6. The number of aromatic hydroxyl groups is 2. The Balaban J connectivity index is 0.000000213. The summed E-state index contributed by atoms with van der Waals surface area (Å²) in [6.45, 7) is 11.2. The Labute approximate surface area is 356 Å². The predicted octanol–water partition coefficient (Wildman–Crippen LogP) is 8.23. The SMILES string of the molecule is CC(C)(CCn1cnc2ccccc21)NCC(O)c1ccc(O)cc1F.COc1ccc(CNc2cc(C(O)CNC(C)(C)CCn3cnc4ccccc43)ccc2O)cc1. The van der Waals surface area contributed by atoms with Crippen LogP contribution < -0.4 is 20.7 Å². The van der Waals surface area contributed by atoms with Gasteiger partial charge in [0, 0.05) is 55.4 Å². The molecule has 0 saturated heterocycles. The lowest BCUT2D eigenvalue weighted by atomic mass is 9.99. The summed E-state index contributed by atoms with van der Waals surface area (Å²) in [5.41, 5.74) is 6.31. The third-order valence-corrected chi connectivity index (χ3v) is 10.9. The van der Waals surface area contributed by atoms with Crippen LogP contribution in [0.5, 0.6) is 17.2 Å². The lowest BCUT2D eigenvalue weighted by Gasteiger charge is -2.28. The van der Waals surface area contributed by atoms with Crippen LogP contribution in [0.4, 0.5) is 10.1 Å². The van der Waals surface area contributed by atoms with Gasteiger partial charge in [0.25, 0.3) is 0 Å². The minimum atomic E-state index is -0.982. The number of rotatable bonds is 18. The number of aryl methyl sites for hydroxylation is 2. The van der Waals surface area contributed by atoms with Crippen LogP contribution >= 0.6 is 0 Å². The number of fused-ring (bicyclic) bond motifs is 2. The summed E-state index contributed by atoms with van der Waals surface area (Å²) in [6, 6.07) is 32.8. The number of ether oxygens (including phenoxy) is 1. The standard InChI is InChI=1S/C28H34N4O3.C20H24FN3O2/c1-28(2,14-15-32-19-30-23-6-4-5-7-25(23)32)31-18-27(34)21-10-13-26(33)24(16-21)29-17-20-8-11-22(35-3)12-9-20;1-20(2,9-10-24-13-22-17-5-3-4-6-18(17)24)23-12-19(26)15-8-7-14(25)11-16(15)21/h4-13,16,19,27,29,31,33-34H,14-15,17-18H2,1-3H3;3-8,11,13,19,23,25-26H,9-10,12H2,1-2H3. The van der Waals surface area contributed by atoms with Gasteiger partial charge in [-0.3, -0.25) is 0 Å². The number of para-hydroxylation sites is 4. The number of β-amino-alcohol motifs (C(OH)–C–C–N with tert-alkyl or cyclic N) is 2. The summed E-state index contributed by atoms with van der Waals surface area (Å²) in [5.74, 6) is 0.187. The number of nitrogens with one attached hydrogen (secondary N) is 3. The van der Waals surface area contributed by atoms with Crippen molar-refractivity contribution in [1.82, 2.24) is 29.7 Å². The maximum absolute atomic E-state index is 13.8. The Kier molecular flexibility index (Phi) is 14.6. The minimum Gasteiger partial charge on any atom is -0.508 e. The van der Waals surface area contributed by atoms with Gasteiger partial charge in [0.1, 0.15) is 23.1 Å². The van der Waals surface area contributed by atoms with Crippen molar-refractivity contribution in [1.29, 1.82) is 0 Å². The lowest BCUT2D eigenvalue weighted by molar-refractivity contribution is 0.154. The molecule has 0 saturated carbocycles. The molecule has 0 aliphatic rings. The normalized spacial score (nSPS) is 12.9. The molecule has 2 atom stereocenters. The van der Waals surface area contributed by atoms with Crippen molar-refractivity contribution in [3.05, 3.63) is 144 Å². The molecule has 0 amide bonds. The third-order valence-electron chi connectivity index (χ3n) is 10.9. The van der Waals surface area contributed by atoms with E-state index < -0.39 is 18.0 Å². The lowest BCUT2D eigenvalue weighted by Crippen LogP contribution is -2.42. The highest BCUT2D eigenvalue weighted by atomic mass is 19.1. The average molecular weight is 832 g/mol. The molecule has 0 spiro atoms. The van der Waals surface area contributed by atoms with Gasteiger partial charge in [-0.25, -0.2) is 14.4 Å². The molecule has 0 aliphatic heterocycles. The van der Waals surface area contributed by atoms with Crippen LogP contribution in [0.2, 0.25) is 0 Å². The second-order valence-electron chi connectivity index (χ2n) is 16.6. The fraction of sp³-hybridized carbons (Fsp3) is 0.333. The molecule has 322 valence electrons. The van der Waals surface area contributed by atoms with Crippen LogP contribution in [-0.2, 0) is 19.6 Å². The van der Waals surface area contributed by atoms with Gasteiger partial charge in [0.05, 0.1) is 59.7 Å². The highest BCUT2D eigenvalue weighted by molar-refractivity contribution is 5.75. The quantitative estimate of drug-likeness (QED) is 0.0420. The van der Waals surface area contributed by atoms with Crippen LogP contribution in [0.25, 0.3) is 22.1 Å². The number of phenolic OH excluding ortho intramolecular Hbond substituents is 2. The zero-order valence-corrected chi connectivity index (χ0v) is 35.5. The summed E-state index contributed by atoms with van der Waals surface area (Å²) >= 11 is 0. The highest BCUT2D eigenvalue weighted by Crippen LogP contribution is 2.29. The number of aliphatic hydroxyl groups excluding tert-OH is 2. The Hall–Kier alpha value is -5.99. The first-order chi connectivity index (χ1) is 29.2. The van der Waals surface area contributed by atoms with Crippen molar-refractivity contribution in [3.63, 3.8) is 0 Å². The van der Waals surface area contributed by atoms with Gasteiger partial charge in [-0.15, -0.1) is 0 Å². The van der Waals surface area contributed by atoms with Gasteiger partial charge in [0.15, 0.2) is 0 Å². The number of phenols is 2. The number of nitrogens with zero attached hydrogens (tertiary/aromatic N) is 4. The molecule has 7 rings (SSSR count). The first-order valence-electron chi connectivity index (χ1n) is 20.5. The van der Waals surface area contributed by atoms with E-state index in [9.17, 15) is 24.8 Å². The molecule has 2 heterocycles. The molecule has 7 N–H and O–H groups in total. The van der Waals surface area contributed by atoms with Crippen molar-refractivity contribution in [2.24, 2.45) is 0 Å². The smallest absolute Gasteiger partial charge is 0.138 e. The van der Waals surface area contributed by atoms with Crippen molar-refractivity contribution >= 4 is 27.8 Å². The monoisotopic (exact) mass is 831 g/mol. The molecule has 2 aromatic heterocycles. The first kappa shape index (κ1) is 44.6.